The number of nitrogens with zero attached hydrogens (tertiary/aromatic N) is 6. The highest BCUT2D eigenvalue weighted by Crippen LogP contribution is 2.44. The minimum absolute atomic E-state index is 0.0247. The highest BCUT2D eigenvalue weighted by molar-refractivity contribution is 6.05. The van der Waals surface area contributed by atoms with Crippen molar-refractivity contribution >= 4 is 34.9 Å². The number of benzene rings is 3. The smallest absolute Gasteiger partial charge is 0.331 e. The fourth-order valence-corrected chi connectivity index (χ4v) is 8.71. The number of carbonyl (C=O) groups is 2. The van der Waals surface area contributed by atoms with Gasteiger partial charge < -0.3 is 25.0 Å². The van der Waals surface area contributed by atoms with Crippen molar-refractivity contribution in [2.24, 2.45) is 0 Å². The summed E-state index contributed by atoms with van der Waals surface area (Å²) in [5.41, 5.74) is 7.48. The van der Waals surface area contributed by atoms with Gasteiger partial charge in [0.2, 0.25) is 11.9 Å². The molecule has 1 aromatic heterocycles. The Bertz CT molecular complexity index is 1980. The lowest BCUT2D eigenvalue weighted by molar-refractivity contribution is -0.129. The zero-order valence-corrected chi connectivity index (χ0v) is 30.9. The van der Waals surface area contributed by atoms with Crippen LogP contribution in [-0.4, -0.2) is 96.3 Å². The van der Waals surface area contributed by atoms with E-state index in [-0.39, 0.29) is 24.1 Å². The van der Waals surface area contributed by atoms with Crippen molar-refractivity contribution in [1.82, 2.24) is 25.1 Å². The predicted molar refractivity (Wildman–Crippen MR) is 207 cm³/mol. The minimum Gasteiger partial charge on any atom is -0.497 e. The van der Waals surface area contributed by atoms with Gasteiger partial charge in [-0.25, -0.2) is 14.8 Å². The molecule has 1 unspecified atom stereocenters. The maximum Gasteiger partial charge on any atom is 0.331 e. The van der Waals surface area contributed by atoms with Gasteiger partial charge in [0.15, 0.2) is 0 Å². The van der Waals surface area contributed by atoms with E-state index in [4.69, 9.17) is 14.5 Å². The Morgan fingerprint density at radius 3 is 2.44 bits per heavy atom. The van der Waals surface area contributed by atoms with E-state index in [1.54, 1.807) is 12.0 Å². The molecule has 4 aromatic rings. The highest BCUT2D eigenvalue weighted by Gasteiger charge is 2.45. The second-order valence-electron chi connectivity index (χ2n) is 15.4. The van der Waals surface area contributed by atoms with Gasteiger partial charge in [0.1, 0.15) is 5.75 Å². The molecule has 0 saturated carbocycles. The molecule has 9 rings (SSSR count). The average molecular weight is 729 g/mol. The Morgan fingerprint density at radius 1 is 0.926 bits per heavy atom. The van der Waals surface area contributed by atoms with Gasteiger partial charge in [0, 0.05) is 80.9 Å². The van der Waals surface area contributed by atoms with Crippen LogP contribution in [0.3, 0.4) is 0 Å². The van der Waals surface area contributed by atoms with Gasteiger partial charge in [-0.2, -0.15) is 0 Å². The molecule has 4 fully saturated rings. The summed E-state index contributed by atoms with van der Waals surface area (Å²) in [6.07, 6.45) is 6.45. The number of methoxy groups -OCH3 is 1. The number of nitrogens with one attached hydrogen (secondary N) is 2. The molecule has 1 atom stereocenters. The Kier molecular flexibility index (Phi) is 9.42. The average Bonchev–Trinajstić information content (AvgIpc) is 3.60. The Morgan fingerprint density at radius 2 is 1.69 bits per heavy atom. The second-order valence-corrected chi connectivity index (χ2v) is 15.4. The van der Waals surface area contributed by atoms with E-state index >= 15 is 0 Å². The number of aromatic nitrogens is 2. The molecule has 0 aliphatic carbocycles. The van der Waals surface area contributed by atoms with Crippen LogP contribution in [0.1, 0.15) is 54.0 Å². The Balaban J connectivity index is 0.738. The first-order chi connectivity index (χ1) is 26.4. The summed E-state index contributed by atoms with van der Waals surface area (Å²) in [5, 5.41) is 6.76. The number of rotatable bonds is 9. The molecule has 0 bridgehead atoms. The summed E-state index contributed by atoms with van der Waals surface area (Å²) in [4.78, 5) is 43.5. The van der Waals surface area contributed by atoms with Crippen LogP contribution in [0.4, 0.5) is 27.8 Å². The van der Waals surface area contributed by atoms with Crippen LogP contribution >= 0.6 is 0 Å². The summed E-state index contributed by atoms with van der Waals surface area (Å²) >= 11 is 0. The largest absolute Gasteiger partial charge is 0.497 e. The molecule has 12 heteroatoms. The molecule has 54 heavy (non-hydrogen) atoms. The van der Waals surface area contributed by atoms with E-state index in [0.717, 1.165) is 106 Å². The van der Waals surface area contributed by atoms with E-state index in [2.05, 4.69) is 61.8 Å². The first-order valence-corrected chi connectivity index (χ1v) is 19.3. The van der Waals surface area contributed by atoms with Crippen molar-refractivity contribution in [3.63, 3.8) is 0 Å². The maximum atomic E-state index is 13.4. The fraction of sp³-hybridized carbons (Fsp3) is 0.429. The number of anilines is 4. The number of piperidine rings is 1. The molecule has 12 nitrogen and oxygen atoms in total. The fourth-order valence-electron chi connectivity index (χ4n) is 8.71. The van der Waals surface area contributed by atoms with Crippen LogP contribution in [0, 0.1) is 0 Å². The van der Waals surface area contributed by atoms with Crippen LogP contribution in [0.15, 0.2) is 79.0 Å². The van der Waals surface area contributed by atoms with Gasteiger partial charge in [-0.3, -0.25) is 19.5 Å². The summed E-state index contributed by atoms with van der Waals surface area (Å²) in [6, 6.07) is 24.7. The second kappa shape index (κ2) is 14.7. The monoisotopic (exact) mass is 728 g/mol. The zero-order chi connectivity index (χ0) is 36.6. The summed E-state index contributed by atoms with van der Waals surface area (Å²) in [7, 11) is 1.62. The van der Waals surface area contributed by atoms with Crippen molar-refractivity contribution in [2.45, 2.75) is 62.8 Å². The number of fused-ring (bicyclic) bond motifs is 1. The third-order valence-corrected chi connectivity index (χ3v) is 12.1. The van der Waals surface area contributed by atoms with Crippen molar-refractivity contribution in [1.29, 1.82) is 0 Å². The number of ether oxygens (including phenoxy) is 2. The number of hydrogen-bond acceptors (Lipinski definition) is 10. The SMILES string of the molecule is COc1ccc(CN2C(=O)CCN(c3ccc(N4CC(N5CCC6(CC5)CC(c5ccc(Nc7ncc8c(n7)CNCC8)cc5)CO6)C4)cc3)C2=O)cc1. The molecule has 3 amide bonds. The molecule has 4 saturated heterocycles. The van der Waals surface area contributed by atoms with E-state index in [0.29, 0.717) is 30.9 Å². The highest BCUT2D eigenvalue weighted by atomic mass is 16.5. The van der Waals surface area contributed by atoms with Crippen LogP contribution in [0.2, 0.25) is 0 Å². The van der Waals surface area contributed by atoms with Gasteiger partial charge >= 0.3 is 6.03 Å². The first kappa shape index (κ1) is 34.7. The van der Waals surface area contributed by atoms with Crippen molar-refractivity contribution in [2.75, 3.05) is 68.1 Å². The predicted octanol–water partition coefficient (Wildman–Crippen LogP) is 5.46. The van der Waals surface area contributed by atoms with Gasteiger partial charge in [-0.05, 0) is 97.4 Å². The van der Waals surface area contributed by atoms with Crippen LogP contribution < -0.4 is 25.2 Å². The summed E-state index contributed by atoms with van der Waals surface area (Å²) in [6.45, 7) is 7.30. The summed E-state index contributed by atoms with van der Waals surface area (Å²) in [5.74, 6) is 1.65. The topological polar surface area (TPSA) is 115 Å². The zero-order valence-electron chi connectivity index (χ0n) is 30.9. The van der Waals surface area contributed by atoms with Crippen molar-refractivity contribution in [3.05, 3.63) is 101 Å². The molecule has 1 spiro atoms. The molecule has 280 valence electrons. The molecule has 5 aliphatic rings. The number of likely N-dealkylation sites (tertiary alicyclic amines) is 1. The van der Waals surface area contributed by atoms with E-state index in [9.17, 15) is 9.59 Å². The molecule has 6 heterocycles. The quantitative estimate of drug-likeness (QED) is 0.230. The van der Waals surface area contributed by atoms with E-state index < -0.39 is 0 Å². The van der Waals surface area contributed by atoms with Gasteiger partial charge in [0.25, 0.3) is 0 Å². The Hall–Kier alpha value is -5.04. The number of hydrogen-bond donors (Lipinski definition) is 2. The molecular weight excluding hydrogens is 681 g/mol. The van der Waals surface area contributed by atoms with E-state index in [1.807, 2.05) is 42.6 Å². The number of amides is 3. The first-order valence-electron chi connectivity index (χ1n) is 19.3. The third-order valence-electron chi connectivity index (χ3n) is 12.1. The van der Waals surface area contributed by atoms with Gasteiger partial charge in [-0.15, -0.1) is 0 Å². The van der Waals surface area contributed by atoms with Crippen molar-refractivity contribution in [3.8, 4) is 5.75 Å². The standard InChI is InChI=1S/C42H48N8O4/c1-53-37-12-2-29(3-13-37)25-50-39(51)15-19-49(41(50)52)35-10-8-34(9-11-35)48-26-36(27-48)47-20-16-42(17-21-47)22-32(28-54-42)30-4-6-33(7-5-30)45-40-44-23-31-14-18-43-24-38(31)46-40/h2-13,23,32,36,43H,14-22,24-28H2,1H3,(H,44,45,46). The Labute approximate surface area is 316 Å². The van der Waals surface area contributed by atoms with Gasteiger partial charge in [0.05, 0.1) is 31.6 Å². The van der Waals surface area contributed by atoms with Crippen LogP contribution in [0.5, 0.6) is 5.75 Å². The molecule has 5 aliphatic heterocycles. The molecule has 3 aromatic carbocycles. The molecule has 2 N–H and O–H groups in total. The number of imide groups is 1. The third kappa shape index (κ3) is 7.01. The van der Waals surface area contributed by atoms with Crippen molar-refractivity contribution < 1.29 is 19.1 Å². The maximum absolute atomic E-state index is 13.4. The molecule has 0 radical (unpaired) electrons. The molecular formula is C42H48N8O4. The van der Waals surface area contributed by atoms with Crippen LogP contribution in [-0.2, 0) is 29.0 Å². The van der Waals surface area contributed by atoms with Gasteiger partial charge in [-0.1, -0.05) is 24.3 Å². The normalized spacial score (nSPS) is 21.6. The lowest BCUT2D eigenvalue weighted by Crippen LogP contribution is -2.62. The van der Waals surface area contributed by atoms with Crippen LogP contribution in [0.25, 0.3) is 0 Å². The minimum atomic E-state index is -0.278. The lowest BCUT2D eigenvalue weighted by atomic mass is 9.82. The summed E-state index contributed by atoms with van der Waals surface area (Å²) < 4.78 is 11.8. The van der Waals surface area contributed by atoms with E-state index in [1.165, 1.54) is 16.0 Å². The number of carbonyl (C=O) groups excluding carboxylic acids is 2. The lowest BCUT2D eigenvalue weighted by Gasteiger charge is -2.50. The number of urea groups is 1.